The van der Waals surface area contributed by atoms with Crippen molar-refractivity contribution < 1.29 is 4.42 Å². The molecule has 1 heterocycles. The molecule has 0 amide bonds. The van der Waals surface area contributed by atoms with Gasteiger partial charge >= 0.3 is 0 Å². The molecule has 0 unspecified atom stereocenters. The summed E-state index contributed by atoms with van der Waals surface area (Å²) in [6.45, 7) is 3.72. The van der Waals surface area contributed by atoms with E-state index in [1.807, 2.05) is 26.0 Å². The van der Waals surface area contributed by atoms with Gasteiger partial charge in [-0.05, 0) is 32.8 Å². The first kappa shape index (κ1) is 11.6. The van der Waals surface area contributed by atoms with Crippen molar-refractivity contribution in [1.29, 1.82) is 0 Å². The van der Waals surface area contributed by atoms with Crippen LogP contribution in [0.2, 0.25) is 0 Å². The second kappa shape index (κ2) is 5.00. The van der Waals surface area contributed by atoms with Gasteiger partial charge in [-0.25, -0.2) is 0 Å². The molecule has 1 aliphatic rings. The first-order valence-corrected chi connectivity index (χ1v) is 5.90. The molecule has 0 radical (unpaired) electrons. The van der Waals surface area contributed by atoms with Crippen LogP contribution in [0, 0.1) is 0 Å². The third-order valence-electron chi connectivity index (χ3n) is 2.84. The average Bonchev–Trinajstić information content (AvgIpc) is 2.38. The molecule has 1 aromatic rings. The van der Waals surface area contributed by atoms with Gasteiger partial charge in [-0.15, -0.1) is 0 Å². The molecule has 0 saturated heterocycles. The highest BCUT2D eigenvalue weighted by Gasteiger charge is 2.06. The molecule has 1 aliphatic carbocycles. The third-order valence-corrected chi connectivity index (χ3v) is 2.84. The quantitative estimate of drug-likeness (QED) is 0.735. The average molecular weight is 228 g/mol. The van der Waals surface area contributed by atoms with Gasteiger partial charge in [0.2, 0.25) is 0 Å². The Morgan fingerprint density at radius 2 is 2.06 bits per heavy atom. The molecule has 2 rings (SSSR count). The third kappa shape index (κ3) is 2.31. The van der Waals surface area contributed by atoms with Crippen LogP contribution < -0.4 is 16.1 Å². The smallest absolute Gasteiger partial charge is 0.192 e. The molecule has 0 atom stereocenters. The van der Waals surface area contributed by atoms with E-state index in [0.29, 0.717) is 16.4 Å². The summed E-state index contributed by atoms with van der Waals surface area (Å²) in [6, 6.07) is 1.57. The molecular weight excluding hydrogens is 212 g/mol. The number of hydrogen-bond donors (Lipinski definition) is 0. The van der Waals surface area contributed by atoms with Crippen molar-refractivity contribution in [2.75, 3.05) is 0 Å². The largest absolute Gasteiger partial charge is 0.456 e. The van der Waals surface area contributed by atoms with Gasteiger partial charge < -0.3 is 4.42 Å². The summed E-state index contributed by atoms with van der Waals surface area (Å²) in [5.41, 5.74) is 1.66. The van der Waals surface area contributed by atoms with Gasteiger partial charge in [0, 0.05) is 11.6 Å². The maximum absolute atomic E-state index is 11.9. The van der Waals surface area contributed by atoms with E-state index in [9.17, 15) is 4.79 Å². The van der Waals surface area contributed by atoms with E-state index < -0.39 is 0 Å². The van der Waals surface area contributed by atoms with Crippen molar-refractivity contribution in [3.63, 3.8) is 0 Å². The summed E-state index contributed by atoms with van der Waals surface area (Å²) >= 11 is 0. The van der Waals surface area contributed by atoms with Crippen molar-refractivity contribution in [2.45, 2.75) is 26.7 Å². The monoisotopic (exact) mass is 228 g/mol. The zero-order chi connectivity index (χ0) is 12.3. The standard InChI is InChI=1S/C15H16O2/c1-3-12-13(16)10-15(17-14(12)4-2)11-8-6-5-7-9-11/h3-4,6,8-10H,5,7H2,1-2H3/b12-3-,14-4+. The first-order chi connectivity index (χ1) is 8.26. The van der Waals surface area contributed by atoms with Crippen molar-refractivity contribution in [3.8, 4) is 0 Å². The Kier molecular flexibility index (Phi) is 3.43. The van der Waals surface area contributed by atoms with E-state index in [2.05, 4.69) is 12.2 Å². The molecule has 2 heteroatoms. The van der Waals surface area contributed by atoms with Crippen LogP contribution in [-0.4, -0.2) is 0 Å². The van der Waals surface area contributed by atoms with E-state index in [0.717, 1.165) is 18.4 Å². The second-order valence-electron chi connectivity index (χ2n) is 3.97. The number of hydrogen-bond acceptors (Lipinski definition) is 2. The van der Waals surface area contributed by atoms with E-state index in [-0.39, 0.29) is 5.43 Å². The summed E-state index contributed by atoms with van der Waals surface area (Å²) in [4.78, 5) is 11.9. The maximum Gasteiger partial charge on any atom is 0.192 e. The van der Waals surface area contributed by atoms with E-state index in [1.54, 1.807) is 12.1 Å². The minimum atomic E-state index is 0.0155. The van der Waals surface area contributed by atoms with Crippen molar-refractivity contribution >= 4 is 17.7 Å². The lowest BCUT2D eigenvalue weighted by Crippen LogP contribution is -2.38. The summed E-state index contributed by atoms with van der Waals surface area (Å²) < 4.78 is 5.76. The predicted molar refractivity (Wildman–Crippen MR) is 70.9 cm³/mol. The fourth-order valence-electron chi connectivity index (χ4n) is 1.96. The van der Waals surface area contributed by atoms with Crippen molar-refractivity contribution in [2.24, 2.45) is 0 Å². The molecule has 0 aromatic carbocycles. The lowest BCUT2D eigenvalue weighted by molar-refractivity contribution is 0.495. The molecule has 1 aromatic heterocycles. The molecule has 0 saturated carbocycles. The Hall–Kier alpha value is -1.83. The zero-order valence-corrected chi connectivity index (χ0v) is 10.2. The van der Waals surface area contributed by atoms with Gasteiger partial charge in [-0.2, -0.15) is 0 Å². The van der Waals surface area contributed by atoms with Crippen LogP contribution in [0.3, 0.4) is 0 Å². The lowest BCUT2D eigenvalue weighted by atomic mass is 10.0. The summed E-state index contributed by atoms with van der Waals surface area (Å²) in [7, 11) is 0. The minimum absolute atomic E-state index is 0.0155. The van der Waals surface area contributed by atoms with Gasteiger partial charge in [0.25, 0.3) is 0 Å². The Morgan fingerprint density at radius 1 is 1.24 bits per heavy atom. The summed E-state index contributed by atoms with van der Waals surface area (Å²) in [5, 5.41) is 0.636. The molecule has 0 N–H and O–H groups in total. The van der Waals surface area contributed by atoms with E-state index >= 15 is 0 Å². The Morgan fingerprint density at radius 3 is 2.65 bits per heavy atom. The minimum Gasteiger partial charge on any atom is -0.456 e. The number of allylic oxidation sites excluding steroid dienone is 4. The molecule has 0 fully saturated rings. The van der Waals surface area contributed by atoms with E-state index in [1.165, 1.54) is 0 Å². The van der Waals surface area contributed by atoms with Gasteiger partial charge in [-0.1, -0.05) is 24.3 Å². The van der Waals surface area contributed by atoms with Crippen LogP contribution in [0.5, 0.6) is 0 Å². The molecule has 17 heavy (non-hydrogen) atoms. The molecule has 0 aliphatic heterocycles. The highest BCUT2D eigenvalue weighted by atomic mass is 16.3. The first-order valence-electron chi connectivity index (χ1n) is 5.90. The molecule has 2 nitrogen and oxygen atoms in total. The van der Waals surface area contributed by atoms with Crippen molar-refractivity contribution in [1.82, 2.24) is 0 Å². The van der Waals surface area contributed by atoms with E-state index in [4.69, 9.17) is 4.42 Å². The predicted octanol–water partition coefficient (Wildman–Crippen LogP) is 1.97. The molecular formula is C15H16O2. The lowest BCUT2D eigenvalue weighted by Gasteiger charge is -2.05. The van der Waals surface area contributed by atoms with Gasteiger partial charge in [0.05, 0.1) is 5.22 Å². The van der Waals surface area contributed by atoms with Crippen LogP contribution in [0.25, 0.3) is 17.7 Å². The van der Waals surface area contributed by atoms with Gasteiger partial charge in [-0.3, -0.25) is 4.79 Å². The van der Waals surface area contributed by atoms with Crippen LogP contribution in [0.15, 0.2) is 33.5 Å². The van der Waals surface area contributed by atoms with Crippen molar-refractivity contribution in [3.05, 3.63) is 50.9 Å². The van der Waals surface area contributed by atoms with Crippen LogP contribution in [0.4, 0.5) is 0 Å². The zero-order valence-electron chi connectivity index (χ0n) is 10.2. The van der Waals surface area contributed by atoms with Gasteiger partial charge in [0.1, 0.15) is 11.2 Å². The Bertz CT molecular complexity index is 642. The Balaban J connectivity index is 2.68. The maximum atomic E-state index is 11.9. The highest BCUT2D eigenvalue weighted by molar-refractivity contribution is 5.71. The highest BCUT2D eigenvalue weighted by Crippen LogP contribution is 2.18. The molecule has 88 valence electrons. The fraction of sp³-hybridized carbons (Fsp3) is 0.267. The summed E-state index contributed by atoms with van der Waals surface area (Å²) in [6.07, 6.45) is 11.9. The molecule has 0 spiro atoms. The van der Waals surface area contributed by atoms with Crippen LogP contribution >= 0.6 is 0 Å². The topological polar surface area (TPSA) is 30.2 Å². The Labute approximate surface area is 100 Å². The fourth-order valence-corrected chi connectivity index (χ4v) is 1.96. The normalized spacial score (nSPS) is 17.4. The summed E-state index contributed by atoms with van der Waals surface area (Å²) in [5.74, 6) is 0.657. The van der Waals surface area contributed by atoms with Crippen LogP contribution in [0.1, 0.15) is 32.4 Å². The number of rotatable bonds is 1. The van der Waals surface area contributed by atoms with Gasteiger partial charge in [0.15, 0.2) is 5.43 Å². The second-order valence-corrected chi connectivity index (χ2v) is 3.97. The SMILES string of the molecule is C/C=c1/oc(C2=CCCC=C2)cc(=O)/c1=C/C. The van der Waals surface area contributed by atoms with Crippen LogP contribution in [-0.2, 0) is 0 Å². The molecule has 0 bridgehead atoms.